The van der Waals surface area contributed by atoms with Crippen LogP contribution in [-0.4, -0.2) is 111 Å². The van der Waals surface area contributed by atoms with Gasteiger partial charge in [-0.1, -0.05) is 13.2 Å². The van der Waals surface area contributed by atoms with Crippen molar-refractivity contribution in [1.82, 2.24) is 4.90 Å². The number of ether oxygens (including phenoxy) is 2. The largest absolute Gasteiger partial charge is 0.870 e. The van der Waals surface area contributed by atoms with Crippen molar-refractivity contribution < 1.29 is 59.5 Å². The second-order valence-electron chi connectivity index (χ2n) is 7.72. The van der Waals surface area contributed by atoms with Gasteiger partial charge < -0.3 is 24.3 Å². The van der Waals surface area contributed by atoms with Gasteiger partial charge in [-0.2, -0.15) is 21.6 Å². The summed E-state index contributed by atoms with van der Waals surface area (Å²) in [6, 6.07) is 0. The molecule has 1 N–H and O–H groups in total. The van der Waals surface area contributed by atoms with Crippen LogP contribution in [-0.2, 0) is 33.4 Å². The minimum atomic E-state index is -5.34. The molecule has 0 amide bonds. The first-order chi connectivity index (χ1) is 15.2. The second-order valence-corrected chi connectivity index (χ2v) is 9.42. The van der Waals surface area contributed by atoms with Crippen molar-refractivity contribution >= 4 is 22.1 Å². The summed E-state index contributed by atoms with van der Waals surface area (Å²) in [5, 5.41) is 0. The quantitative estimate of drug-likeness (QED) is 0.109. The fourth-order valence-electron chi connectivity index (χ4n) is 1.07. The third kappa shape index (κ3) is 26.2. The van der Waals surface area contributed by atoms with E-state index in [4.69, 9.17) is 14.2 Å². The van der Waals surface area contributed by atoms with E-state index in [1.54, 1.807) is 13.8 Å². The lowest BCUT2D eigenvalue weighted by Crippen LogP contribution is -2.38. The van der Waals surface area contributed by atoms with Gasteiger partial charge in [0.15, 0.2) is 0 Å². The number of alkyl halides is 3. The zero-order valence-corrected chi connectivity index (χ0v) is 21.7. The first-order valence-corrected chi connectivity index (χ1v) is 10.6. The predicted molar refractivity (Wildman–Crippen MR) is 119 cm³/mol. The lowest BCUT2D eigenvalue weighted by Gasteiger charge is -2.23. The zero-order valence-electron chi connectivity index (χ0n) is 21.9. The topological polar surface area (TPSA) is 129 Å². The van der Waals surface area contributed by atoms with E-state index in [0.29, 0.717) is 31.5 Å². The standard InChI is InChI=1S/C9H18NO2.C8H15NO2.C2H3F3O3S.FH.H2O/c1-8(2)9(11)12-7-6-10(3,4)5;1-7(2)8(10)11-6-5-9(3)4;1-8-9(6,7)2(3,4)5;;/h1,6-7H2,2-5H3;1,5-6H2,2-4H3;1H3;1H;1H2/q+1;;;;/p-1/i/hT. The maximum atomic E-state index is 11.1. The average Bonchev–Trinajstić information content (AvgIpc) is 2.68. The smallest absolute Gasteiger partial charge is 0.523 e. The molecule has 0 heterocycles. The number of esters is 2. The molecule has 0 unspecified atom stereocenters. The van der Waals surface area contributed by atoms with Crippen LogP contribution in [0.3, 0.4) is 0 Å². The van der Waals surface area contributed by atoms with Crippen molar-refractivity contribution in [3.8, 4) is 0 Å². The molecule has 0 spiro atoms. The number of halogens is 4. The minimum Gasteiger partial charge on any atom is -0.870 e. The molecular formula is C19H38F4N2O8S. The molecule has 10 nitrogen and oxygen atoms in total. The van der Waals surface area contributed by atoms with Gasteiger partial charge >= 0.3 is 27.6 Å². The van der Waals surface area contributed by atoms with Crippen LogP contribution in [0, 0.1) is 0 Å². The van der Waals surface area contributed by atoms with Gasteiger partial charge in [-0.05, 0) is 27.9 Å². The highest BCUT2D eigenvalue weighted by molar-refractivity contribution is 7.87. The van der Waals surface area contributed by atoms with Crippen LogP contribution in [0.2, 0.25) is 0 Å². The zero-order chi connectivity index (χ0) is 28.3. The fourth-order valence-corrected chi connectivity index (χ4v) is 1.26. The fraction of sp³-hybridized carbons (Fsp3) is 0.684. The summed E-state index contributed by atoms with van der Waals surface area (Å²) in [5.41, 5.74) is -4.40. The molecule has 0 aliphatic carbocycles. The Labute approximate surface area is 200 Å². The Morgan fingerprint density at radius 1 is 1.00 bits per heavy atom. The minimum absolute atomic E-state index is 0. The molecule has 0 bridgehead atoms. The maximum Gasteiger partial charge on any atom is 0.523 e. The Morgan fingerprint density at radius 3 is 1.56 bits per heavy atom. The van der Waals surface area contributed by atoms with Gasteiger partial charge in [0.25, 0.3) is 1.45 Å². The summed E-state index contributed by atoms with van der Waals surface area (Å²) in [6.07, 6.45) is 0. The van der Waals surface area contributed by atoms with Crippen LogP contribution >= 0.6 is 0 Å². The number of hydrogen-bond acceptors (Lipinski definition) is 9. The normalized spacial score (nSPS) is 10.9. The number of rotatable bonds is 9. The van der Waals surface area contributed by atoms with Crippen LogP contribution in [0.15, 0.2) is 24.3 Å². The Bertz CT molecular complexity index is 725. The molecule has 0 aliphatic heterocycles. The van der Waals surface area contributed by atoms with Crippen LogP contribution in [0.25, 0.3) is 0 Å². The van der Waals surface area contributed by atoms with Gasteiger partial charge in [0.2, 0.25) is 0 Å². The summed E-state index contributed by atoms with van der Waals surface area (Å²) in [6.45, 7) is 12.7. The number of hydrogen-bond donors (Lipinski definition) is 0. The van der Waals surface area contributed by atoms with E-state index in [9.17, 15) is 31.2 Å². The molecule has 0 fully saturated rings. The number of carbonyl (C=O) groups excluding carboxylic acids is 2. The van der Waals surface area contributed by atoms with E-state index in [1.165, 1.54) is 0 Å². The molecule has 0 radical (unpaired) electrons. The average molecular weight is 533 g/mol. The SMILES string of the molecule is C=C(C)C(=O)OCCN(C)C.C=C(C)C(=O)OCC[N+](C)(C)C.COS(=O)(=O)C(F)(F)F.[3H]F.[OH-]. The van der Waals surface area contributed by atoms with Gasteiger partial charge in [-0.25, -0.2) is 9.59 Å². The van der Waals surface area contributed by atoms with Crippen molar-refractivity contribution in [3.63, 3.8) is 0 Å². The summed E-state index contributed by atoms with van der Waals surface area (Å²) < 4.78 is 79.4. The first-order valence-electron chi connectivity index (χ1n) is 9.53. The van der Waals surface area contributed by atoms with Crippen molar-refractivity contribution in [2.45, 2.75) is 19.4 Å². The van der Waals surface area contributed by atoms with Gasteiger partial charge in [0.05, 0.1) is 28.3 Å². The highest BCUT2D eigenvalue weighted by Gasteiger charge is 2.46. The molecule has 0 aromatic carbocycles. The van der Waals surface area contributed by atoms with Crippen molar-refractivity contribution in [1.29, 1.82) is 1.45 Å². The van der Waals surface area contributed by atoms with E-state index in [1.807, 2.05) is 19.0 Å². The lowest BCUT2D eigenvalue weighted by molar-refractivity contribution is -0.870. The summed E-state index contributed by atoms with van der Waals surface area (Å²) in [4.78, 5) is 23.6. The number of likely N-dealkylation sites (N-methyl/N-ethyl adjacent to an activating group) is 2. The van der Waals surface area contributed by atoms with Crippen molar-refractivity contribution in [2.24, 2.45) is 0 Å². The number of nitrogens with zero attached hydrogens (tertiary/aromatic N) is 2. The molecule has 0 aliphatic rings. The Hall–Kier alpha value is -2.07. The Morgan fingerprint density at radius 2 is 1.35 bits per heavy atom. The van der Waals surface area contributed by atoms with Crippen LogP contribution < -0.4 is 0 Å². The van der Waals surface area contributed by atoms with E-state index < -0.39 is 15.6 Å². The molecule has 0 aromatic rings. The number of carbonyl (C=O) groups is 2. The van der Waals surface area contributed by atoms with Gasteiger partial charge in [0, 0.05) is 17.7 Å². The molecule has 34 heavy (non-hydrogen) atoms. The van der Waals surface area contributed by atoms with E-state index in [-0.39, 0.29) is 17.4 Å². The molecule has 0 saturated carbocycles. The third-order valence-corrected chi connectivity index (χ3v) is 3.97. The molecule has 0 aromatic heterocycles. The van der Waals surface area contributed by atoms with E-state index >= 15 is 0 Å². The van der Waals surface area contributed by atoms with Crippen LogP contribution in [0.1, 0.15) is 13.8 Å². The maximum absolute atomic E-state index is 11.1. The highest BCUT2D eigenvalue weighted by atomic mass is 32.2. The molecular weight excluding hydrogens is 492 g/mol. The second kappa shape index (κ2) is 19.3. The van der Waals surface area contributed by atoms with Gasteiger partial charge in [0.1, 0.15) is 19.8 Å². The van der Waals surface area contributed by atoms with Crippen molar-refractivity contribution in [2.75, 3.05) is 68.7 Å². The monoisotopic (exact) mass is 532 g/mol. The van der Waals surface area contributed by atoms with Crippen molar-refractivity contribution in [3.05, 3.63) is 24.3 Å². The third-order valence-electron chi connectivity index (χ3n) is 2.97. The van der Waals surface area contributed by atoms with Crippen LogP contribution in [0.4, 0.5) is 17.9 Å². The molecule has 0 saturated heterocycles. The molecule has 0 atom stereocenters. The Kier molecular flexibility index (Phi) is 22.2. The molecule has 0 rings (SSSR count). The highest BCUT2D eigenvalue weighted by Crippen LogP contribution is 2.23. The van der Waals surface area contributed by atoms with E-state index in [2.05, 4.69) is 39.9 Å². The van der Waals surface area contributed by atoms with E-state index in [0.717, 1.165) is 17.6 Å². The van der Waals surface area contributed by atoms with Gasteiger partial charge in [-0.15, -0.1) is 0 Å². The summed E-state index contributed by atoms with van der Waals surface area (Å²) >= 11 is 0. The predicted octanol–water partition coefficient (Wildman–Crippen LogP) is 1.94. The van der Waals surface area contributed by atoms with Gasteiger partial charge in [-0.3, -0.25) is 8.90 Å². The lowest BCUT2D eigenvalue weighted by atomic mass is 10.4. The molecule has 206 valence electrons. The Balaban J connectivity index is -0.000000123. The first kappa shape index (κ1) is 39.2. The molecule has 15 heteroatoms. The number of quaternary nitrogens is 1. The summed E-state index contributed by atoms with van der Waals surface area (Å²) in [7, 11) is 5.11. The van der Waals surface area contributed by atoms with Crippen LogP contribution in [0.5, 0.6) is 0 Å². The summed E-state index contributed by atoms with van der Waals surface area (Å²) in [5.74, 6) is -0.615.